The van der Waals surface area contributed by atoms with Crippen LogP contribution < -0.4 is 4.74 Å². The van der Waals surface area contributed by atoms with E-state index in [2.05, 4.69) is 0 Å². The highest BCUT2D eigenvalue weighted by Crippen LogP contribution is 2.25. The van der Waals surface area contributed by atoms with Crippen LogP contribution in [-0.4, -0.2) is 0 Å². The second-order valence-corrected chi connectivity index (χ2v) is 5.02. The molecule has 2 rings (SSSR count). The molecule has 17 heavy (non-hydrogen) atoms. The first-order valence-corrected chi connectivity index (χ1v) is 5.96. The number of hydrogen-bond acceptors (Lipinski definition) is 3. The number of benzene rings is 1. The average molecular weight is 268 g/mol. The van der Waals surface area contributed by atoms with Gasteiger partial charge in [0.2, 0.25) is 0 Å². The Hall–Kier alpha value is -1.57. The molecule has 5 heteroatoms. The Morgan fingerprint density at radius 2 is 2.18 bits per heavy atom. The average Bonchev–Trinajstić information content (AvgIpc) is 2.72. The lowest BCUT2D eigenvalue weighted by Gasteiger charge is -2.06. The second kappa shape index (κ2) is 5.17. The molecule has 0 N–H and O–H groups in total. The quantitative estimate of drug-likeness (QED) is 0.842. The highest BCUT2D eigenvalue weighted by Gasteiger charge is 2.09. The zero-order valence-electron chi connectivity index (χ0n) is 8.61. The molecule has 0 aliphatic carbocycles. The Morgan fingerprint density at radius 1 is 1.35 bits per heavy atom. The van der Waals surface area contributed by atoms with Crippen LogP contribution in [0.15, 0.2) is 30.3 Å². The molecular weight excluding hydrogens is 261 g/mol. The zero-order chi connectivity index (χ0) is 12.3. The minimum atomic E-state index is -0.575. The van der Waals surface area contributed by atoms with Crippen molar-refractivity contribution >= 4 is 22.9 Å². The fourth-order valence-electron chi connectivity index (χ4n) is 1.31. The lowest BCUT2D eigenvalue weighted by Crippen LogP contribution is -1.96. The summed E-state index contributed by atoms with van der Waals surface area (Å²) in [5, 5.41) is 8.81. The smallest absolute Gasteiger partial charge is 0.144 e. The zero-order valence-corrected chi connectivity index (χ0v) is 10.2. The fourth-order valence-corrected chi connectivity index (χ4v) is 2.31. The number of hydrogen-bond donors (Lipinski definition) is 0. The van der Waals surface area contributed by atoms with Crippen molar-refractivity contribution in [2.45, 2.75) is 6.61 Å². The van der Waals surface area contributed by atoms with E-state index in [1.165, 1.54) is 23.5 Å². The maximum Gasteiger partial charge on any atom is 0.144 e. The van der Waals surface area contributed by atoms with Crippen LogP contribution in [0, 0.1) is 17.1 Å². The van der Waals surface area contributed by atoms with Crippen molar-refractivity contribution in [1.29, 1.82) is 5.26 Å². The summed E-state index contributed by atoms with van der Waals surface area (Å²) in [5.74, 6) is -0.328. The molecule has 0 saturated heterocycles. The van der Waals surface area contributed by atoms with Crippen molar-refractivity contribution in [2.75, 3.05) is 0 Å². The van der Waals surface area contributed by atoms with Crippen LogP contribution in [0.1, 0.15) is 10.4 Å². The van der Waals surface area contributed by atoms with E-state index in [1.807, 2.05) is 6.07 Å². The fraction of sp³-hybridized carbons (Fsp3) is 0.0833. The van der Waals surface area contributed by atoms with Crippen molar-refractivity contribution in [2.24, 2.45) is 0 Å². The third kappa shape index (κ3) is 2.76. The number of ether oxygens (including phenoxy) is 1. The van der Waals surface area contributed by atoms with Crippen LogP contribution >= 0.6 is 22.9 Å². The molecule has 0 unspecified atom stereocenters. The Balaban J connectivity index is 2.14. The van der Waals surface area contributed by atoms with Crippen molar-refractivity contribution in [3.63, 3.8) is 0 Å². The molecule has 0 spiro atoms. The lowest BCUT2D eigenvalue weighted by atomic mass is 10.2. The van der Waals surface area contributed by atoms with Crippen molar-refractivity contribution in [3.05, 3.63) is 50.9 Å². The molecule has 0 fully saturated rings. The lowest BCUT2D eigenvalue weighted by molar-refractivity contribution is 0.307. The molecular formula is C12H7ClFNOS. The number of halogens is 2. The summed E-state index contributed by atoms with van der Waals surface area (Å²) in [7, 11) is 0. The third-order valence-electron chi connectivity index (χ3n) is 2.09. The van der Waals surface area contributed by atoms with Gasteiger partial charge in [0.15, 0.2) is 0 Å². The summed E-state index contributed by atoms with van der Waals surface area (Å²) >= 11 is 7.16. The van der Waals surface area contributed by atoms with Gasteiger partial charge in [0.05, 0.1) is 4.34 Å². The van der Waals surface area contributed by atoms with E-state index in [-0.39, 0.29) is 17.9 Å². The predicted molar refractivity (Wildman–Crippen MR) is 64.8 cm³/mol. The first-order chi connectivity index (χ1) is 8.20. The third-order valence-corrected chi connectivity index (χ3v) is 3.29. The van der Waals surface area contributed by atoms with Gasteiger partial charge in [-0.1, -0.05) is 17.7 Å². The largest absolute Gasteiger partial charge is 0.487 e. The van der Waals surface area contributed by atoms with E-state index >= 15 is 0 Å². The molecule has 2 nitrogen and oxygen atoms in total. The second-order valence-electron chi connectivity index (χ2n) is 3.22. The van der Waals surface area contributed by atoms with E-state index in [0.29, 0.717) is 4.34 Å². The van der Waals surface area contributed by atoms with E-state index < -0.39 is 5.82 Å². The molecule has 0 atom stereocenters. The molecule has 0 aliphatic heterocycles. The normalized spacial score (nSPS) is 9.94. The number of nitrogens with zero attached hydrogens (tertiary/aromatic N) is 1. The van der Waals surface area contributed by atoms with E-state index in [9.17, 15) is 4.39 Å². The van der Waals surface area contributed by atoms with Crippen molar-refractivity contribution in [1.82, 2.24) is 0 Å². The van der Waals surface area contributed by atoms with Gasteiger partial charge in [-0.3, -0.25) is 0 Å². The highest BCUT2D eigenvalue weighted by molar-refractivity contribution is 7.16. The molecule has 0 saturated carbocycles. The maximum atomic E-state index is 13.3. The van der Waals surface area contributed by atoms with Gasteiger partial charge in [0.25, 0.3) is 0 Å². The van der Waals surface area contributed by atoms with Gasteiger partial charge in [-0.2, -0.15) is 5.26 Å². The molecule has 86 valence electrons. The maximum absolute atomic E-state index is 13.3. The van der Waals surface area contributed by atoms with Crippen molar-refractivity contribution in [3.8, 4) is 11.8 Å². The number of nitriles is 1. The number of thiophene rings is 1. The van der Waals surface area contributed by atoms with Crippen LogP contribution in [0.5, 0.6) is 5.75 Å². The topological polar surface area (TPSA) is 33.0 Å². The standard InChI is InChI=1S/C12H7ClFNOS/c13-12-5-4-8(17-12)7-16-11-3-1-2-10(14)9(11)6-15/h1-5H,7H2. The Morgan fingerprint density at radius 3 is 2.82 bits per heavy atom. The summed E-state index contributed by atoms with van der Waals surface area (Å²) < 4.78 is 19.3. The van der Waals surface area contributed by atoms with Gasteiger partial charge in [0, 0.05) is 4.88 Å². The molecule has 2 aromatic rings. The highest BCUT2D eigenvalue weighted by atomic mass is 35.5. The van der Waals surface area contributed by atoms with Gasteiger partial charge in [-0.05, 0) is 24.3 Å². The molecule has 0 radical (unpaired) electrons. The molecule has 1 aromatic heterocycles. The van der Waals surface area contributed by atoms with Crippen LogP contribution in [0.2, 0.25) is 4.34 Å². The van der Waals surface area contributed by atoms with Gasteiger partial charge in [-0.15, -0.1) is 11.3 Å². The van der Waals surface area contributed by atoms with Gasteiger partial charge in [-0.25, -0.2) is 4.39 Å². The van der Waals surface area contributed by atoms with Gasteiger partial charge in [0.1, 0.15) is 29.8 Å². The Bertz CT molecular complexity index is 576. The van der Waals surface area contributed by atoms with Gasteiger partial charge < -0.3 is 4.74 Å². The minimum Gasteiger partial charge on any atom is -0.487 e. The first kappa shape index (κ1) is 11.9. The summed E-state index contributed by atoms with van der Waals surface area (Å²) in [5.41, 5.74) is -0.0739. The van der Waals surface area contributed by atoms with Crippen LogP contribution in [0.4, 0.5) is 4.39 Å². The summed E-state index contributed by atoms with van der Waals surface area (Å²) in [4.78, 5) is 0.920. The van der Waals surface area contributed by atoms with E-state index in [1.54, 1.807) is 18.2 Å². The van der Waals surface area contributed by atoms with E-state index in [0.717, 1.165) is 4.88 Å². The van der Waals surface area contributed by atoms with Crippen LogP contribution in [-0.2, 0) is 6.61 Å². The van der Waals surface area contributed by atoms with Crippen LogP contribution in [0.3, 0.4) is 0 Å². The summed E-state index contributed by atoms with van der Waals surface area (Å²) in [6, 6.07) is 9.68. The molecule has 0 amide bonds. The van der Waals surface area contributed by atoms with Crippen molar-refractivity contribution < 1.29 is 9.13 Å². The Kier molecular flexibility index (Phi) is 3.62. The van der Waals surface area contributed by atoms with E-state index in [4.69, 9.17) is 21.6 Å². The van der Waals surface area contributed by atoms with Crippen LogP contribution in [0.25, 0.3) is 0 Å². The summed E-state index contributed by atoms with van der Waals surface area (Å²) in [6.07, 6.45) is 0. The SMILES string of the molecule is N#Cc1c(F)cccc1OCc1ccc(Cl)s1. The van der Waals surface area contributed by atoms with Gasteiger partial charge >= 0.3 is 0 Å². The first-order valence-electron chi connectivity index (χ1n) is 4.76. The molecule has 0 aliphatic rings. The minimum absolute atomic E-state index is 0.0739. The monoisotopic (exact) mass is 267 g/mol. The summed E-state index contributed by atoms with van der Waals surface area (Å²) in [6.45, 7) is 0.273. The number of rotatable bonds is 3. The molecule has 1 heterocycles. The Labute approximate surface area is 107 Å². The molecule has 0 bridgehead atoms. The predicted octanol–water partition coefficient (Wildman–Crippen LogP) is 3.99. The molecule has 1 aromatic carbocycles.